The van der Waals surface area contributed by atoms with Crippen LogP contribution in [0.15, 0.2) is 47.5 Å². The number of methoxy groups -OCH3 is 1. The van der Waals surface area contributed by atoms with E-state index in [-0.39, 0.29) is 29.9 Å². The van der Waals surface area contributed by atoms with Crippen LogP contribution in [-0.2, 0) is 17.9 Å². The lowest BCUT2D eigenvalue weighted by molar-refractivity contribution is -0.128. The maximum absolute atomic E-state index is 11.8. The molecule has 0 aliphatic carbocycles. The minimum Gasteiger partial charge on any atom is -0.495 e. The minimum atomic E-state index is 0. The van der Waals surface area contributed by atoms with Gasteiger partial charge in [0.2, 0.25) is 5.91 Å². The van der Waals surface area contributed by atoms with E-state index in [1.54, 1.807) is 19.2 Å². The van der Waals surface area contributed by atoms with Crippen LogP contribution in [0.5, 0.6) is 5.75 Å². The summed E-state index contributed by atoms with van der Waals surface area (Å²) in [5.41, 5.74) is 8.86. The number of anilines is 1. The molecule has 150 valence electrons. The van der Waals surface area contributed by atoms with Crippen molar-refractivity contribution < 1.29 is 9.53 Å². The van der Waals surface area contributed by atoms with Gasteiger partial charge in [-0.05, 0) is 35.7 Å². The highest BCUT2D eigenvalue weighted by Gasteiger charge is 2.19. The van der Waals surface area contributed by atoms with Gasteiger partial charge in [-0.15, -0.1) is 24.0 Å². The number of halogens is 2. The molecule has 0 atom stereocenters. The zero-order valence-corrected chi connectivity index (χ0v) is 18.7. The molecule has 0 unspecified atom stereocenters. The Bertz CT molecular complexity index is 860. The van der Waals surface area contributed by atoms with Crippen molar-refractivity contribution in [3.05, 3.63) is 58.6 Å². The number of nitrogens with zero attached hydrogens (tertiary/aromatic N) is 2. The van der Waals surface area contributed by atoms with E-state index in [0.29, 0.717) is 36.2 Å². The van der Waals surface area contributed by atoms with Gasteiger partial charge >= 0.3 is 0 Å². The second-order valence-corrected chi connectivity index (χ2v) is 6.82. The molecule has 3 rings (SSSR count). The summed E-state index contributed by atoms with van der Waals surface area (Å²) in [6.45, 7) is 1.93. The van der Waals surface area contributed by atoms with E-state index >= 15 is 0 Å². The molecule has 0 aromatic heterocycles. The Morgan fingerprint density at radius 2 is 2.07 bits per heavy atom. The summed E-state index contributed by atoms with van der Waals surface area (Å²) in [5, 5.41) is 3.52. The predicted octanol–water partition coefficient (Wildman–Crippen LogP) is 4.02. The third kappa shape index (κ3) is 6.00. The first-order chi connectivity index (χ1) is 13.0. The van der Waals surface area contributed by atoms with E-state index in [9.17, 15) is 4.79 Å². The fourth-order valence-electron chi connectivity index (χ4n) is 3.03. The number of rotatable bonds is 6. The van der Waals surface area contributed by atoms with Crippen LogP contribution in [0.25, 0.3) is 0 Å². The van der Waals surface area contributed by atoms with Crippen molar-refractivity contribution in [2.24, 2.45) is 10.7 Å². The molecule has 6 nitrogen and oxygen atoms in total. The lowest BCUT2D eigenvalue weighted by atomic mass is 10.1. The van der Waals surface area contributed by atoms with Crippen LogP contribution in [0.3, 0.4) is 0 Å². The molecule has 0 saturated carbocycles. The van der Waals surface area contributed by atoms with Crippen LogP contribution in [0.4, 0.5) is 5.69 Å². The quantitative estimate of drug-likeness (QED) is 0.347. The van der Waals surface area contributed by atoms with Crippen molar-refractivity contribution in [3.8, 4) is 5.75 Å². The minimum absolute atomic E-state index is 0. The predicted molar refractivity (Wildman–Crippen MR) is 123 cm³/mol. The molecule has 28 heavy (non-hydrogen) atoms. The third-order valence-corrected chi connectivity index (χ3v) is 4.69. The Balaban J connectivity index is 0.00000280. The SMILES string of the molecule is COc1ccc(NC(N)=NCc2cccc(CN3CCCC3=O)c2)cc1Cl.I. The summed E-state index contributed by atoms with van der Waals surface area (Å²) in [7, 11) is 1.57. The second kappa shape index (κ2) is 10.5. The number of guanidine groups is 1. The van der Waals surface area contributed by atoms with Gasteiger partial charge in [-0.2, -0.15) is 0 Å². The Morgan fingerprint density at radius 1 is 1.29 bits per heavy atom. The molecule has 1 heterocycles. The molecule has 2 aromatic rings. The van der Waals surface area contributed by atoms with Gasteiger partial charge in [0.15, 0.2) is 5.96 Å². The molecule has 1 fully saturated rings. The van der Waals surface area contributed by atoms with Crippen LogP contribution in [-0.4, -0.2) is 30.4 Å². The first-order valence-corrected chi connectivity index (χ1v) is 9.19. The Kier molecular flexibility index (Phi) is 8.37. The normalized spacial score (nSPS) is 14.0. The van der Waals surface area contributed by atoms with Crippen molar-refractivity contribution >= 4 is 53.1 Å². The first-order valence-electron chi connectivity index (χ1n) is 8.81. The van der Waals surface area contributed by atoms with Gasteiger partial charge in [-0.1, -0.05) is 35.9 Å². The number of hydrogen-bond acceptors (Lipinski definition) is 3. The Hall–Kier alpha value is -2.00. The summed E-state index contributed by atoms with van der Waals surface area (Å²) >= 11 is 6.11. The molecular formula is C20H24ClIN4O2. The molecule has 0 spiro atoms. The van der Waals surface area contributed by atoms with E-state index in [2.05, 4.69) is 16.4 Å². The van der Waals surface area contributed by atoms with Crippen molar-refractivity contribution in [3.63, 3.8) is 0 Å². The van der Waals surface area contributed by atoms with Crippen molar-refractivity contribution in [2.75, 3.05) is 19.0 Å². The smallest absolute Gasteiger partial charge is 0.222 e. The van der Waals surface area contributed by atoms with E-state index in [4.69, 9.17) is 22.1 Å². The summed E-state index contributed by atoms with van der Waals surface area (Å²) < 4.78 is 5.13. The summed E-state index contributed by atoms with van der Waals surface area (Å²) in [6, 6.07) is 13.4. The van der Waals surface area contributed by atoms with Gasteiger partial charge in [0.05, 0.1) is 18.7 Å². The molecule has 8 heteroatoms. The van der Waals surface area contributed by atoms with Crippen LogP contribution in [0.2, 0.25) is 5.02 Å². The maximum Gasteiger partial charge on any atom is 0.222 e. The fourth-order valence-corrected chi connectivity index (χ4v) is 3.28. The number of nitrogens with two attached hydrogens (primary N) is 1. The molecule has 0 bridgehead atoms. The standard InChI is InChI=1S/C20H23ClN4O2.HI/c1-27-18-8-7-16(11-17(18)21)24-20(22)23-12-14-4-2-5-15(10-14)13-25-9-3-6-19(25)26;/h2,4-5,7-8,10-11H,3,6,9,12-13H2,1H3,(H3,22,23,24);1H. The highest BCUT2D eigenvalue weighted by molar-refractivity contribution is 14.0. The Labute approximate surface area is 187 Å². The van der Waals surface area contributed by atoms with Gasteiger partial charge in [-0.3, -0.25) is 4.79 Å². The van der Waals surface area contributed by atoms with Gasteiger partial charge in [0.1, 0.15) is 5.75 Å². The molecule has 0 radical (unpaired) electrons. The van der Waals surface area contributed by atoms with E-state index < -0.39 is 0 Å². The van der Waals surface area contributed by atoms with Crippen LogP contribution >= 0.6 is 35.6 Å². The highest BCUT2D eigenvalue weighted by Crippen LogP contribution is 2.27. The fraction of sp³-hybridized carbons (Fsp3) is 0.300. The van der Waals surface area contributed by atoms with Gasteiger partial charge in [-0.25, -0.2) is 4.99 Å². The number of hydrogen-bond donors (Lipinski definition) is 2. The van der Waals surface area contributed by atoms with E-state index in [0.717, 1.165) is 29.8 Å². The van der Waals surface area contributed by atoms with Crippen molar-refractivity contribution in [1.82, 2.24) is 4.90 Å². The van der Waals surface area contributed by atoms with Crippen molar-refractivity contribution in [2.45, 2.75) is 25.9 Å². The highest BCUT2D eigenvalue weighted by atomic mass is 127. The van der Waals surface area contributed by atoms with Crippen LogP contribution < -0.4 is 15.8 Å². The molecule has 2 aromatic carbocycles. The van der Waals surface area contributed by atoms with E-state index in [1.165, 1.54) is 0 Å². The molecule has 1 aliphatic rings. The first kappa shape index (κ1) is 22.3. The number of carbonyl (C=O) groups excluding carboxylic acids is 1. The number of nitrogens with one attached hydrogen (secondary N) is 1. The second-order valence-electron chi connectivity index (χ2n) is 6.41. The number of benzene rings is 2. The monoisotopic (exact) mass is 514 g/mol. The molecule has 1 amide bonds. The summed E-state index contributed by atoms with van der Waals surface area (Å²) in [4.78, 5) is 18.1. The van der Waals surface area contributed by atoms with Crippen LogP contribution in [0.1, 0.15) is 24.0 Å². The number of likely N-dealkylation sites (tertiary alicyclic amines) is 1. The topological polar surface area (TPSA) is 80.0 Å². The molecule has 3 N–H and O–H groups in total. The summed E-state index contributed by atoms with van der Waals surface area (Å²) in [5.74, 6) is 1.13. The Morgan fingerprint density at radius 3 is 2.75 bits per heavy atom. The van der Waals surface area contributed by atoms with Gasteiger partial charge < -0.3 is 20.7 Å². The number of aliphatic imine (C=N–C) groups is 1. The molecular weight excluding hydrogens is 491 g/mol. The average molecular weight is 515 g/mol. The lowest BCUT2D eigenvalue weighted by Crippen LogP contribution is -2.24. The zero-order chi connectivity index (χ0) is 19.2. The largest absolute Gasteiger partial charge is 0.495 e. The average Bonchev–Trinajstić information content (AvgIpc) is 3.05. The van der Waals surface area contributed by atoms with Gasteiger partial charge in [0.25, 0.3) is 0 Å². The zero-order valence-electron chi connectivity index (χ0n) is 15.7. The lowest BCUT2D eigenvalue weighted by Gasteiger charge is -2.15. The van der Waals surface area contributed by atoms with Crippen molar-refractivity contribution in [1.29, 1.82) is 0 Å². The van der Waals surface area contributed by atoms with Crippen LogP contribution in [0, 0.1) is 0 Å². The maximum atomic E-state index is 11.8. The molecule has 1 aliphatic heterocycles. The third-order valence-electron chi connectivity index (χ3n) is 4.39. The summed E-state index contributed by atoms with van der Waals surface area (Å²) in [6.07, 6.45) is 1.60. The number of ether oxygens (including phenoxy) is 1. The number of carbonyl (C=O) groups is 1. The molecule has 1 saturated heterocycles. The van der Waals surface area contributed by atoms with Gasteiger partial charge in [0, 0.05) is 25.2 Å². The van der Waals surface area contributed by atoms with E-state index in [1.807, 2.05) is 29.2 Å². The number of amides is 1.